The maximum Gasteiger partial charge on any atom is 0.472 e. The van der Waals surface area contributed by atoms with Crippen LogP contribution in [0.5, 0.6) is 0 Å². The number of nitrogen functional groups attached to an aromatic ring is 2. The second kappa shape index (κ2) is 10.8. The fraction of sp³-hybridized carbons (Fsp3) is 0.500. The van der Waals surface area contributed by atoms with Gasteiger partial charge < -0.3 is 41.2 Å². The van der Waals surface area contributed by atoms with Gasteiger partial charge in [-0.25, -0.2) is 24.5 Å². The van der Waals surface area contributed by atoms with Crippen molar-refractivity contribution >= 4 is 53.5 Å². The molecule has 226 valence electrons. The highest BCUT2D eigenvalue weighted by Crippen LogP contribution is 2.50. The molecule has 0 aliphatic carbocycles. The zero-order valence-electron chi connectivity index (χ0n) is 21.1. The Balaban J connectivity index is 1.19. The van der Waals surface area contributed by atoms with Gasteiger partial charge in [-0.2, -0.15) is 4.98 Å². The SMILES string of the molecule is Nc1nc2c(ncn2[C@@H]2O[C@H](CO)[C@@H](O)[C@H]2OP(=O)(O)OC[C@H]2O[C@@H](n3cnc4c(N)ncnc43)[C@@H](Cl)[C@@H]2O)c(=O)[nH]1. The molecule has 0 saturated carbocycles. The van der Waals surface area contributed by atoms with Gasteiger partial charge in [0.15, 0.2) is 35.1 Å². The number of aromatic nitrogens is 8. The summed E-state index contributed by atoms with van der Waals surface area (Å²) in [6, 6.07) is 0. The molecular weight excluding hydrogens is 607 g/mol. The molecule has 20 nitrogen and oxygen atoms in total. The first-order valence-electron chi connectivity index (χ1n) is 12.2. The molecule has 2 fully saturated rings. The zero-order chi connectivity index (χ0) is 29.9. The Kier molecular flexibility index (Phi) is 7.38. The molecule has 0 spiro atoms. The highest BCUT2D eigenvalue weighted by Gasteiger charge is 2.50. The van der Waals surface area contributed by atoms with E-state index in [2.05, 4.69) is 29.9 Å². The van der Waals surface area contributed by atoms with Crippen molar-refractivity contribution in [3.05, 3.63) is 29.3 Å². The lowest BCUT2D eigenvalue weighted by molar-refractivity contribution is -0.0592. The van der Waals surface area contributed by atoms with Crippen LogP contribution in [0.2, 0.25) is 0 Å². The lowest BCUT2D eigenvalue weighted by Gasteiger charge is -2.25. The first kappa shape index (κ1) is 28.8. The lowest BCUT2D eigenvalue weighted by atomic mass is 10.1. The number of anilines is 2. The number of alkyl halides is 1. The number of rotatable bonds is 8. The molecule has 0 amide bonds. The van der Waals surface area contributed by atoms with Crippen LogP contribution in [-0.2, 0) is 23.1 Å². The maximum absolute atomic E-state index is 13.0. The van der Waals surface area contributed by atoms with Crippen LogP contribution in [0.1, 0.15) is 12.5 Å². The van der Waals surface area contributed by atoms with E-state index in [-0.39, 0.29) is 34.1 Å². The zero-order valence-corrected chi connectivity index (χ0v) is 22.8. The molecule has 0 aromatic carbocycles. The minimum absolute atomic E-state index is 0.0740. The molecule has 9 N–H and O–H groups in total. The summed E-state index contributed by atoms with van der Waals surface area (Å²) >= 11 is 6.40. The fourth-order valence-corrected chi connectivity index (χ4v) is 6.08. The number of hydrogen-bond acceptors (Lipinski definition) is 16. The fourth-order valence-electron chi connectivity index (χ4n) is 4.81. The van der Waals surface area contributed by atoms with Crippen LogP contribution in [0, 0.1) is 0 Å². The maximum atomic E-state index is 13.0. The van der Waals surface area contributed by atoms with Crippen LogP contribution < -0.4 is 17.0 Å². The molecule has 42 heavy (non-hydrogen) atoms. The van der Waals surface area contributed by atoms with E-state index in [9.17, 15) is 29.6 Å². The smallest absolute Gasteiger partial charge is 0.394 e. The van der Waals surface area contributed by atoms with E-state index < -0.39 is 74.9 Å². The number of phosphoric acid groups is 1. The largest absolute Gasteiger partial charge is 0.472 e. The van der Waals surface area contributed by atoms with Crippen LogP contribution in [0.15, 0.2) is 23.8 Å². The number of hydrogen-bond donors (Lipinski definition) is 7. The molecule has 4 aromatic rings. The first-order chi connectivity index (χ1) is 20.0. The van der Waals surface area contributed by atoms with E-state index >= 15 is 0 Å². The Bertz CT molecular complexity index is 1730. The van der Waals surface area contributed by atoms with Crippen molar-refractivity contribution in [3.8, 4) is 0 Å². The van der Waals surface area contributed by atoms with E-state index in [4.69, 9.17) is 41.6 Å². The van der Waals surface area contributed by atoms with Crippen LogP contribution in [0.25, 0.3) is 22.3 Å². The number of imidazole rings is 2. The average molecular weight is 631 g/mol. The van der Waals surface area contributed by atoms with Gasteiger partial charge in [0.25, 0.3) is 5.56 Å². The number of nitrogens with two attached hydrogens (primary N) is 2. The number of H-pyrrole nitrogens is 1. The molecule has 2 aliphatic heterocycles. The van der Waals surface area contributed by atoms with Crippen molar-refractivity contribution in [2.75, 3.05) is 24.7 Å². The molecule has 6 heterocycles. The molecule has 1 unspecified atom stereocenters. The summed E-state index contributed by atoms with van der Waals surface area (Å²) < 4.78 is 37.4. The van der Waals surface area contributed by atoms with Crippen molar-refractivity contribution in [3.63, 3.8) is 0 Å². The number of ether oxygens (including phenoxy) is 2. The molecule has 4 aromatic heterocycles. The van der Waals surface area contributed by atoms with Crippen LogP contribution in [0.3, 0.4) is 0 Å². The van der Waals surface area contributed by atoms with Crippen molar-refractivity contribution in [2.45, 2.75) is 48.4 Å². The Labute approximate surface area is 238 Å². The van der Waals surface area contributed by atoms with E-state index in [1.54, 1.807) is 0 Å². The predicted octanol–water partition coefficient (Wildman–Crippen LogP) is -2.26. The Morgan fingerprint density at radius 1 is 1.02 bits per heavy atom. The lowest BCUT2D eigenvalue weighted by Crippen LogP contribution is -2.35. The van der Waals surface area contributed by atoms with Crippen molar-refractivity contribution in [1.82, 2.24) is 39.0 Å². The normalized spacial score (nSPS) is 31.3. The summed E-state index contributed by atoms with van der Waals surface area (Å²) in [7, 11) is -5.02. The van der Waals surface area contributed by atoms with Crippen molar-refractivity contribution in [1.29, 1.82) is 0 Å². The summed E-state index contributed by atoms with van der Waals surface area (Å²) in [4.78, 5) is 45.1. The number of aromatic amines is 1. The highest BCUT2D eigenvalue weighted by molar-refractivity contribution is 7.47. The molecule has 0 bridgehead atoms. The number of nitrogens with one attached hydrogen (secondary N) is 1. The molecule has 2 saturated heterocycles. The highest BCUT2D eigenvalue weighted by atomic mass is 35.5. The van der Waals surface area contributed by atoms with Gasteiger partial charge in [-0.05, 0) is 0 Å². The monoisotopic (exact) mass is 630 g/mol. The molecule has 9 atom stereocenters. The van der Waals surface area contributed by atoms with Gasteiger partial charge in [0.2, 0.25) is 5.95 Å². The third-order valence-corrected chi connectivity index (χ3v) is 8.29. The second-order valence-electron chi connectivity index (χ2n) is 9.43. The summed E-state index contributed by atoms with van der Waals surface area (Å²) in [5.74, 6) is -0.123. The number of fused-ring (bicyclic) bond motifs is 2. The average Bonchev–Trinajstić information content (AvgIpc) is 3.69. The van der Waals surface area contributed by atoms with Gasteiger partial charge in [0.05, 0.1) is 25.9 Å². The van der Waals surface area contributed by atoms with Gasteiger partial charge in [-0.1, -0.05) is 0 Å². The minimum atomic E-state index is -5.02. The molecule has 22 heteroatoms. The van der Waals surface area contributed by atoms with Gasteiger partial charge in [0.1, 0.15) is 47.7 Å². The van der Waals surface area contributed by atoms with Gasteiger partial charge in [-0.15, -0.1) is 11.6 Å². The number of aliphatic hydroxyl groups excluding tert-OH is 3. The quantitative estimate of drug-likeness (QED) is 0.0798. The van der Waals surface area contributed by atoms with Gasteiger partial charge >= 0.3 is 7.82 Å². The Morgan fingerprint density at radius 3 is 2.45 bits per heavy atom. The molecule has 0 radical (unpaired) electrons. The van der Waals surface area contributed by atoms with Gasteiger partial charge in [0, 0.05) is 0 Å². The van der Waals surface area contributed by atoms with E-state index in [1.165, 1.54) is 17.2 Å². The molecule has 6 rings (SSSR count). The van der Waals surface area contributed by atoms with E-state index in [0.717, 1.165) is 10.9 Å². The molecule has 2 aliphatic rings. The minimum Gasteiger partial charge on any atom is -0.394 e. The third kappa shape index (κ3) is 4.90. The summed E-state index contributed by atoms with van der Waals surface area (Å²) in [6.45, 7) is -1.35. The second-order valence-corrected chi connectivity index (χ2v) is 11.3. The number of aliphatic hydroxyl groups is 3. The molecular formula is C20H24ClN10O10P. The first-order valence-corrected chi connectivity index (χ1v) is 14.2. The predicted molar refractivity (Wildman–Crippen MR) is 140 cm³/mol. The third-order valence-electron chi connectivity index (χ3n) is 6.83. The van der Waals surface area contributed by atoms with Crippen LogP contribution in [-0.4, -0.2) is 108 Å². The number of halogens is 1. The van der Waals surface area contributed by atoms with Crippen molar-refractivity contribution in [2.24, 2.45) is 0 Å². The van der Waals surface area contributed by atoms with E-state index in [1.807, 2.05) is 0 Å². The van der Waals surface area contributed by atoms with Crippen molar-refractivity contribution < 1.29 is 43.3 Å². The number of nitrogens with zero attached hydrogens (tertiary/aromatic N) is 7. The Morgan fingerprint density at radius 2 is 1.71 bits per heavy atom. The number of phosphoric ester groups is 1. The van der Waals surface area contributed by atoms with E-state index in [0.29, 0.717) is 0 Å². The van der Waals surface area contributed by atoms with Gasteiger partial charge in [-0.3, -0.25) is 28.0 Å². The standard InChI is InChI=1S/C20H24ClN10O10P/c21-8-11(33)7(40-18(8)30-4-26-9-14(22)24-3-25-15(9)30)2-38-42(36,37)41-13-12(34)6(1-32)39-19(13)31-5-27-10-16(31)28-20(23)29-17(10)35/h3-8,11-13,18-19,32-34H,1-2H2,(H,36,37)(H2,22,24,25)(H3,23,28,29,35)/t6-,7-,8+,11-,12-,13-,18-,19-/m1/s1. The topological polar surface area (TPSA) is 294 Å². The summed E-state index contributed by atoms with van der Waals surface area (Å²) in [5, 5.41) is 30.0. The van der Waals surface area contributed by atoms with Crippen LogP contribution >= 0.6 is 19.4 Å². The summed E-state index contributed by atoms with van der Waals surface area (Å²) in [6.07, 6.45) is -5.79. The summed E-state index contributed by atoms with van der Waals surface area (Å²) in [5.41, 5.74) is 11.2. The Hall–Kier alpha value is -3.30. The van der Waals surface area contributed by atoms with Crippen LogP contribution in [0.4, 0.5) is 11.8 Å².